The fourth-order valence-electron chi connectivity index (χ4n) is 4.72. The van der Waals surface area contributed by atoms with Crippen LogP contribution in [0.2, 0.25) is 0 Å². The molecule has 1 amide bonds. The van der Waals surface area contributed by atoms with Gasteiger partial charge in [-0.25, -0.2) is 4.98 Å². The van der Waals surface area contributed by atoms with E-state index in [-0.39, 0.29) is 18.2 Å². The van der Waals surface area contributed by atoms with Crippen molar-refractivity contribution in [2.45, 2.75) is 13.0 Å². The highest BCUT2D eigenvalue weighted by Crippen LogP contribution is 2.33. The molecule has 1 N–H and O–H groups in total. The van der Waals surface area contributed by atoms with Crippen LogP contribution in [0, 0.1) is 0 Å². The van der Waals surface area contributed by atoms with Gasteiger partial charge in [0, 0.05) is 36.8 Å². The summed E-state index contributed by atoms with van der Waals surface area (Å²) >= 11 is 0. The normalized spacial score (nSPS) is 13.1. The number of ketones is 1. The number of rotatable bonds is 10. The van der Waals surface area contributed by atoms with Gasteiger partial charge in [0.05, 0.1) is 25.8 Å². The van der Waals surface area contributed by atoms with E-state index in [1.807, 2.05) is 42.5 Å². The van der Waals surface area contributed by atoms with Gasteiger partial charge >= 0.3 is 0 Å². The summed E-state index contributed by atoms with van der Waals surface area (Å²) in [5.74, 6) is 1.04. The van der Waals surface area contributed by atoms with E-state index in [1.54, 1.807) is 44.6 Å². The number of aromatic nitrogens is 1. The third-order valence-corrected chi connectivity index (χ3v) is 6.76. The van der Waals surface area contributed by atoms with Gasteiger partial charge in [0.15, 0.2) is 17.3 Å². The van der Waals surface area contributed by atoms with Gasteiger partial charge in [0.25, 0.3) is 5.91 Å². The molecule has 4 aromatic rings. The second-order valence-electron chi connectivity index (χ2n) is 9.42. The van der Waals surface area contributed by atoms with E-state index in [0.717, 1.165) is 29.4 Å². The highest BCUT2D eigenvalue weighted by Gasteiger charge is 2.22. The van der Waals surface area contributed by atoms with Gasteiger partial charge < -0.3 is 19.5 Å². The highest BCUT2D eigenvalue weighted by atomic mass is 16.5. The molecule has 3 aromatic carbocycles. The van der Waals surface area contributed by atoms with E-state index in [9.17, 15) is 9.59 Å². The number of amides is 1. The molecule has 1 aliphatic heterocycles. The molecule has 0 saturated heterocycles. The summed E-state index contributed by atoms with van der Waals surface area (Å²) in [6, 6.07) is 22.3. The largest absolute Gasteiger partial charge is 0.493 e. The number of methoxy groups -OCH3 is 2. The van der Waals surface area contributed by atoms with Crippen LogP contribution in [0.5, 0.6) is 11.5 Å². The van der Waals surface area contributed by atoms with Crippen molar-refractivity contribution in [3.8, 4) is 11.5 Å². The number of anilines is 1. The van der Waals surface area contributed by atoms with Crippen LogP contribution in [0.4, 0.5) is 5.69 Å². The average Bonchev–Trinajstić information content (AvgIpc) is 2.96. The zero-order chi connectivity index (χ0) is 27.2. The van der Waals surface area contributed by atoms with Crippen molar-refractivity contribution in [3.05, 3.63) is 95.2 Å². The van der Waals surface area contributed by atoms with Gasteiger partial charge in [0.2, 0.25) is 0 Å². The zero-order valence-corrected chi connectivity index (χ0v) is 22.1. The number of benzene rings is 3. The molecule has 0 atom stereocenters. The van der Waals surface area contributed by atoms with Gasteiger partial charge in [0.1, 0.15) is 12.3 Å². The molecular weight excluding hydrogens is 494 g/mol. The zero-order valence-electron chi connectivity index (χ0n) is 22.1. The first-order chi connectivity index (χ1) is 19.0. The van der Waals surface area contributed by atoms with Crippen molar-refractivity contribution in [3.63, 3.8) is 0 Å². The average molecular weight is 526 g/mol. The molecule has 0 unspecified atom stereocenters. The summed E-state index contributed by atoms with van der Waals surface area (Å²) in [6.07, 6.45) is 0.812. The summed E-state index contributed by atoms with van der Waals surface area (Å²) < 4.78 is 16.4. The van der Waals surface area contributed by atoms with Crippen LogP contribution >= 0.6 is 0 Å². The summed E-state index contributed by atoms with van der Waals surface area (Å²) in [6.45, 7) is 2.58. The molecule has 8 heteroatoms. The molecule has 200 valence electrons. The molecule has 39 heavy (non-hydrogen) atoms. The van der Waals surface area contributed by atoms with Gasteiger partial charge in [-0.15, -0.1) is 0 Å². The lowest BCUT2D eigenvalue weighted by atomic mass is 9.98. The molecule has 1 aromatic heterocycles. The van der Waals surface area contributed by atoms with Crippen LogP contribution < -0.4 is 14.8 Å². The van der Waals surface area contributed by atoms with Crippen molar-refractivity contribution in [1.29, 1.82) is 0 Å². The van der Waals surface area contributed by atoms with Crippen LogP contribution in [0.3, 0.4) is 0 Å². The maximum Gasteiger partial charge on any atom is 0.274 e. The Labute approximate surface area is 227 Å². The lowest BCUT2D eigenvalue weighted by Gasteiger charge is -2.29. The van der Waals surface area contributed by atoms with Gasteiger partial charge in [-0.2, -0.15) is 0 Å². The Balaban J connectivity index is 1.24. The van der Waals surface area contributed by atoms with Crippen LogP contribution in [-0.2, 0) is 17.7 Å². The number of ether oxygens (including phenoxy) is 3. The Kier molecular flexibility index (Phi) is 8.15. The fourth-order valence-corrected chi connectivity index (χ4v) is 4.72. The smallest absolute Gasteiger partial charge is 0.274 e. The first-order valence-corrected chi connectivity index (χ1v) is 12.9. The number of hydrogen-bond donors (Lipinski definition) is 1. The molecule has 8 nitrogen and oxygen atoms in total. The number of fused-ring (bicyclic) bond motifs is 2. The minimum atomic E-state index is -0.322. The maximum absolute atomic E-state index is 13.2. The first-order valence-electron chi connectivity index (χ1n) is 12.9. The standard InChI is InChI=1S/C31H31N3O5/c1-37-14-15-39-30-18-24-19-34(13-12-22(24)17-29(30)38-2)20-28(35)23-7-5-8-25(16-23)32-31(36)27-11-10-21-6-3-4-9-26(21)33-27/h3-11,16-18H,12-15,19-20H2,1-2H3,(H,32,36). The van der Waals surface area contributed by atoms with Gasteiger partial charge in [-0.1, -0.05) is 36.4 Å². The molecule has 5 rings (SSSR count). The molecular formula is C31H31N3O5. The third-order valence-electron chi connectivity index (χ3n) is 6.76. The number of hydrogen-bond acceptors (Lipinski definition) is 7. The first kappa shape index (κ1) is 26.3. The van der Waals surface area contributed by atoms with Crippen LogP contribution in [-0.4, -0.2) is 62.1 Å². The number of nitrogens with one attached hydrogen (secondary N) is 1. The van der Waals surface area contributed by atoms with E-state index in [2.05, 4.69) is 15.2 Å². The van der Waals surface area contributed by atoms with E-state index < -0.39 is 0 Å². The molecule has 2 heterocycles. The summed E-state index contributed by atoms with van der Waals surface area (Å²) in [7, 11) is 3.27. The van der Waals surface area contributed by atoms with E-state index in [1.165, 1.54) is 5.56 Å². The van der Waals surface area contributed by atoms with Gasteiger partial charge in [-0.05, 0) is 53.9 Å². The molecule has 0 aliphatic carbocycles. The second-order valence-corrected chi connectivity index (χ2v) is 9.42. The van der Waals surface area contributed by atoms with Crippen LogP contribution in [0.25, 0.3) is 10.9 Å². The number of carbonyl (C=O) groups is 2. The van der Waals surface area contributed by atoms with Crippen molar-refractivity contribution < 1.29 is 23.8 Å². The van der Waals surface area contributed by atoms with Crippen molar-refractivity contribution in [2.75, 3.05) is 45.8 Å². The summed E-state index contributed by atoms with van der Waals surface area (Å²) in [5.41, 5.74) is 4.48. The molecule has 0 fully saturated rings. The predicted molar refractivity (Wildman–Crippen MR) is 150 cm³/mol. The number of para-hydroxylation sites is 1. The van der Waals surface area contributed by atoms with Gasteiger partial charge in [-0.3, -0.25) is 14.5 Å². The fraction of sp³-hybridized carbons (Fsp3) is 0.258. The molecule has 1 aliphatic rings. The molecule has 0 spiro atoms. The Morgan fingerprint density at radius 3 is 2.62 bits per heavy atom. The SMILES string of the molecule is COCCOc1cc2c(cc1OC)CCN(CC(=O)c1cccc(NC(=O)c3ccc4ccccc4n3)c1)C2. The van der Waals surface area contributed by atoms with Crippen molar-refractivity contribution >= 4 is 28.3 Å². The summed E-state index contributed by atoms with van der Waals surface area (Å²) in [4.78, 5) is 32.6. The molecule has 0 saturated carbocycles. The second kappa shape index (κ2) is 12.1. The quantitative estimate of drug-likeness (QED) is 0.236. The van der Waals surface area contributed by atoms with Crippen LogP contribution in [0.1, 0.15) is 32.0 Å². The summed E-state index contributed by atoms with van der Waals surface area (Å²) in [5, 5.41) is 3.84. The number of nitrogens with zero attached hydrogens (tertiary/aromatic N) is 2. The number of pyridine rings is 1. The maximum atomic E-state index is 13.2. The van der Waals surface area contributed by atoms with Crippen LogP contribution in [0.15, 0.2) is 72.8 Å². The molecule has 0 bridgehead atoms. The van der Waals surface area contributed by atoms with Crippen molar-refractivity contribution in [2.24, 2.45) is 0 Å². The lowest BCUT2D eigenvalue weighted by molar-refractivity contribution is 0.0920. The van der Waals surface area contributed by atoms with E-state index in [4.69, 9.17) is 14.2 Å². The third kappa shape index (κ3) is 6.25. The minimum Gasteiger partial charge on any atom is -0.493 e. The van der Waals surface area contributed by atoms with Crippen molar-refractivity contribution in [1.82, 2.24) is 9.88 Å². The minimum absolute atomic E-state index is 0.0107. The topological polar surface area (TPSA) is 90.0 Å². The Bertz CT molecular complexity index is 1500. The monoisotopic (exact) mass is 525 g/mol. The number of carbonyl (C=O) groups excluding carboxylic acids is 2. The highest BCUT2D eigenvalue weighted by molar-refractivity contribution is 6.05. The van der Waals surface area contributed by atoms with E-state index in [0.29, 0.717) is 48.2 Å². The Morgan fingerprint density at radius 1 is 0.923 bits per heavy atom. The predicted octanol–water partition coefficient (Wildman–Crippen LogP) is 4.76. The molecule has 0 radical (unpaired) electrons. The lowest BCUT2D eigenvalue weighted by Crippen LogP contribution is -2.35. The Morgan fingerprint density at radius 2 is 1.77 bits per heavy atom. The van der Waals surface area contributed by atoms with E-state index >= 15 is 0 Å². The Hall–Kier alpha value is -4.27. The number of Topliss-reactive ketones (excluding diaryl/α,β-unsaturated/α-hetero) is 1.